The van der Waals surface area contributed by atoms with Gasteiger partial charge in [0.2, 0.25) is 11.8 Å². The van der Waals surface area contributed by atoms with Gasteiger partial charge in [-0.3, -0.25) is 14.6 Å². The molecule has 0 atom stereocenters. The van der Waals surface area contributed by atoms with Crippen molar-refractivity contribution in [3.63, 3.8) is 0 Å². The SMILES string of the molecule is CC(=O)N(C)C1CCC(CC(=O)Nc2cnc(-c3ccc(C(C)(C)NC(=O)O)cc3)c(-c3ccccc3)c2)CC1. The first-order valence-corrected chi connectivity index (χ1v) is 13.7. The Morgan fingerprint density at radius 2 is 1.62 bits per heavy atom. The Morgan fingerprint density at radius 3 is 2.23 bits per heavy atom. The fraction of sp³-hybridized carbons (Fsp3) is 0.375. The van der Waals surface area contributed by atoms with Crippen molar-refractivity contribution in [3.8, 4) is 22.4 Å². The third kappa shape index (κ3) is 7.05. The number of nitrogens with one attached hydrogen (secondary N) is 2. The summed E-state index contributed by atoms with van der Waals surface area (Å²) in [5, 5.41) is 14.8. The normalized spacial score (nSPS) is 17.1. The van der Waals surface area contributed by atoms with Crippen LogP contribution in [-0.4, -0.2) is 46.0 Å². The van der Waals surface area contributed by atoms with Gasteiger partial charge < -0.3 is 20.6 Å². The van der Waals surface area contributed by atoms with E-state index in [4.69, 9.17) is 4.98 Å². The van der Waals surface area contributed by atoms with Gasteiger partial charge in [-0.05, 0) is 62.6 Å². The van der Waals surface area contributed by atoms with Gasteiger partial charge in [0.25, 0.3) is 0 Å². The van der Waals surface area contributed by atoms with Crippen molar-refractivity contribution in [2.24, 2.45) is 5.92 Å². The van der Waals surface area contributed by atoms with Gasteiger partial charge in [0.1, 0.15) is 0 Å². The van der Waals surface area contributed by atoms with Crippen LogP contribution >= 0.6 is 0 Å². The topological polar surface area (TPSA) is 112 Å². The van der Waals surface area contributed by atoms with Gasteiger partial charge in [-0.15, -0.1) is 0 Å². The number of carbonyl (C=O) groups is 3. The summed E-state index contributed by atoms with van der Waals surface area (Å²) in [6, 6.07) is 19.8. The van der Waals surface area contributed by atoms with Crippen LogP contribution < -0.4 is 10.6 Å². The lowest BCUT2D eigenvalue weighted by molar-refractivity contribution is -0.130. The van der Waals surface area contributed by atoms with Crippen molar-refractivity contribution < 1.29 is 19.5 Å². The third-order valence-corrected chi connectivity index (χ3v) is 7.89. The lowest BCUT2D eigenvalue weighted by Crippen LogP contribution is -2.39. The molecule has 3 N–H and O–H groups in total. The first kappa shape index (κ1) is 28.8. The molecule has 0 bridgehead atoms. The zero-order valence-electron chi connectivity index (χ0n) is 23.6. The largest absolute Gasteiger partial charge is 0.465 e. The van der Waals surface area contributed by atoms with Crippen LogP contribution in [0.5, 0.6) is 0 Å². The predicted octanol–water partition coefficient (Wildman–Crippen LogP) is 6.28. The number of hydrogen-bond acceptors (Lipinski definition) is 4. The maximum Gasteiger partial charge on any atom is 0.405 e. The van der Waals surface area contributed by atoms with E-state index in [1.807, 2.05) is 86.5 Å². The molecule has 1 aliphatic rings. The van der Waals surface area contributed by atoms with Gasteiger partial charge in [0.15, 0.2) is 0 Å². The summed E-state index contributed by atoms with van der Waals surface area (Å²) >= 11 is 0. The van der Waals surface area contributed by atoms with E-state index in [2.05, 4.69) is 10.6 Å². The van der Waals surface area contributed by atoms with Crippen molar-refractivity contribution in [1.29, 1.82) is 0 Å². The minimum atomic E-state index is -1.08. The van der Waals surface area contributed by atoms with Crippen LogP contribution in [0.15, 0.2) is 66.9 Å². The molecule has 4 rings (SSSR count). The van der Waals surface area contributed by atoms with E-state index in [0.29, 0.717) is 18.0 Å². The molecule has 40 heavy (non-hydrogen) atoms. The molecule has 8 nitrogen and oxygen atoms in total. The fourth-order valence-corrected chi connectivity index (χ4v) is 5.45. The number of hydrogen-bond donors (Lipinski definition) is 3. The van der Waals surface area contributed by atoms with E-state index < -0.39 is 11.6 Å². The van der Waals surface area contributed by atoms with Crippen LogP contribution in [0.4, 0.5) is 10.5 Å². The minimum absolute atomic E-state index is 0.0329. The van der Waals surface area contributed by atoms with E-state index in [9.17, 15) is 19.5 Å². The van der Waals surface area contributed by atoms with Gasteiger partial charge in [-0.1, -0.05) is 54.6 Å². The molecule has 8 heteroatoms. The van der Waals surface area contributed by atoms with Gasteiger partial charge in [-0.25, -0.2) is 4.79 Å². The number of benzene rings is 2. The molecule has 1 fully saturated rings. The van der Waals surface area contributed by atoms with E-state index in [0.717, 1.165) is 53.6 Å². The van der Waals surface area contributed by atoms with Crippen molar-refractivity contribution in [3.05, 3.63) is 72.4 Å². The Labute approximate surface area is 235 Å². The third-order valence-electron chi connectivity index (χ3n) is 7.89. The highest BCUT2D eigenvalue weighted by atomic mass is 16.4. The molecule has 0 aliphatic heterocycles. The summed E-state index contributed by atoms with van der Waals surface area (Å²) in [5.41, 5.74) is 4.27. The maximum absolute atomic E-state index is 13.0. The Balaban J connectivity index is 1.50. The number of anilines is 1. The molecule has 0 unspecified atom stereocenters. The number of pyridine rings is 1. The zero-order valence-corrected chi connectivity index (χ0v) is 23.6. The average Bonchev–Trinajstić information content (AvgIpc) is 2.93. The summed E-state index contributed by atoms with van der Waals surface area (Å²) < 4.78 is 0. The molecule has 0 saturated heterocycles. The molecular weight excluding hydrogens is 504 g/mol. The second-order valence-electron chi connectivity index (χ2n) is 11.2. The van der Waals surface area contributed by atoms with Crippen molar-refractivity contribution in [2.75, 3.05) is 12.4 Å². The van der Waals surface area contributed by atoms with E-state index >= 15 is 0 Å². The Kier molecular flexibility index (Phi) is 8.87. The van der Waals surface area contributed by atoms with Crippen LogP contribution in [-0.2, 0) is 15.1 Å². The highest BCUT2D eigenvalue weighted by molar-refractivity contribution is 5.93. The van der Waals surface area contributed by atoms with Gasteiger partial charge in [0, 0.05) is 37.6 Å². The minimum Gasteiger partial charge on any atom is -0.465 e. The molecule has 0 spiro atoms. The molecule has 1 saturated carbocycles. The number of carboxylic acid groups (broad SMARTS) is 1. The molecule has 1 aromatic heterocycles. The zero-order chi connectivity index (χ0) is 28.9. The monoisotopic (exact) mass is 542 g/mol. The Hall–Kier alpha value is -4.20. The Morgan fingerprint density at radius 1 is 0.975 bits per heavy atom. The predicted molar refractivity (Wildman–Crippen MR) is 157 cm³/mol. The van der Waals surface area contributed by atoms with Crippen molar-refractivity contribution in [1.82, 2.24) is 15.2 Å². The number of aromatic nitrogens is 1. The highest BCUT2D eigenvalue weighted by Crippen LogP contribution is 2.34. The number of rotatable bonds is 8. The van der Waals surface area contributed by atoms with E-state index in [1.54, 1.807) is 13.1 Å². The number of nitrogens with zero attached hydrogens (tertiary/aromatic N) is 2. The second kappa shape index (κ2) is 12.3. The van der Waals surface area contributed by atoms with Gasteiger partial charge in [0.05, 0.1) is 23.1 Å². The maximum atomic E-state index is 13.0. The number of amides is 3. The van der Waals surface area contributed by atoms with Crippen LogP contribution in [0.2, 0.25) is 0 Å². The van der Waals surface area contributed by atoms with Crippen molar-refractivity contribution in [2.45, 2.75) is 64.5 Å². The van der Waals surface area contributed by atoms with E-state index in [-0.39, 0.29) is 17.9 Å². The smallest absolute Gasteiger partial charge is 0.405 e. The van der Waals surface area contributed by atoms with Gasteiger partial charge in [-0.2, -0.15) is 0 Å². The van der Waals surface area contributed by atoms with Crippen LogP contribution in [0.25, 0.3) is 22.4 Å². The molecule has 1 heterocycles. The molecule has 3 amide bonds. The second-order valence-corrected chi connectivity index (χ2v) is 11.2. The molecular formula is C32H38N4O4. The standard InChI is InChI=1S/C32H38N4O4/c1-21(37)36(4)27-16-10-22(11-17-27)18-29(38)34-26-19-28(23-8-6-5-7-9-23)30(33-20-26)24-12-14-25(15-13-24)32(2,3)35-31(39)40/h5-9,12-15,19-20,22,27,35H,10-11,16-18H2,1-4H3,(H,34,38)(H,39,40). The highest BCUT2D eigenvalue weighted by Gasteiger charge is 2.27. The van der Waals surface area contributed by atoms with E-state index in [1.165, 1.54) is 0 Å². The first-order chi connectivity index (χ1) is 19.0. The summed E-state index contributed by atoms with van der Waals surface area (Å²) in [5.74, 6) is 0.353. The van der Waals surface area contributed by atoms with Gasteiger partial charge >= 0.3 is 6.09 Å². The van der Waals surface area contributed by atoms with Crippen LogP contribution in [0, 0.1) is 5.92 Å². The molecule has 2 aromatic carbocycles. The quantitative estimate of drug-likeness (QED) is 0.310. The van der Waals surface area contributed by atoms with Crippen molar-refractivity contribution >= 4 is 23.6 Å². The fourth-order valence-electron chi connectivity index (χ4n) is 5.45. The summed E-state index contributed by atoms with van der Waals surface area (Å²) in [6.07, 6.45) is 4.75. The summed E-state index contributed by atoms with van der Waals surface area (Å²) in [6.45, 7) is 5.23. The van der Waals surface area contributed by atoms with Crippen LogP contribution in [0.1, 0.15) is 58.4 Å². The lowest BCUT2D eigenvalue weighted by atomic mass is 9.83. The summed E-state index contributed by atoms with van der Waals surface area (Å²) in [4.78, 5) is 42.4. The van der Waals surface area contributed by atoms with Crippen LogP contribution in [0.3, 0.4) is 0 Å². The first-order valence-electron chi connectivity index (χ1n) is 13.7. The molecule has 210 valence electrons. The summed E-state index contributed by atoms with van der Waals surface area (Å²) in [7, 11) is 1.85. The molecule has 1 aliphatic carbocycles. The average molecular weight is 543 g/mol. The number of carbonyl (C=O) groups excluding carboxylic acids is 2. The molecule has 3 aromatic rings. The Bertz CT molecular complexity index is 1350. The lowest BCUT2D eigenvalue weighted by Gasteiger charge is -2.34. The molecule has 0 radical (unpaired) electrons.